The fourth-order valence-electron chi connectivity index (χ4n) is 2.64. The number of rotatable bonds is 4. The predicted molar refractivity (Wildman–Crippen MR) is 78.4 cm³/mol. The summed E-state index contributed by atoms with van der Waals surface area (Å²) in [4.78, 5) is 2.49. The van der Waals surface area contributed by atoms with Crippen LogP contribution < -0.4 is 10.2 Å². The van der Waals surface area contributed by atoms with Gasteiger partial charge in [0.25, 0.3) is 0 Å². The lowest BCUT2D eigenvalue weighted by Crippen LogP contribution is -2.19. The van der Waals surface area contributed by atoms with Crippen LogP contribution in [-0.2, 0) is 13.6 Å². The molecule has 100 valence electrons. The summed E-state index contributed by atoms with van der Waals surface area (Å²) in [6, 6.07) is 8.67. The number of anilines is 2. The normalized spacial score (nSPS) is 14.9. The molecule has 19 heavy (non-hydrogen) atoms. The van der Waals surface area contributed by atoms with Crippen molar-refractivity contribution >= 4 is 11.4 Å². The Labute approximate surface area is 114 Å². The molecule has 1 aromatic heterocycles. The van der Waals surface area contributed by atoms with Crippen LogP contribution in [0.4, 0.5) is 11.4 Å². The van der Waals surface area contributed by atoms with Gasteiger partial charge >= 0.3 is 0 Å². The molecule has 1 aliphatic heterocycles. The third kappa shape index (κ3) is 2.72. The van der Waals surface area contributed by atoms with Crippen LogP contribution in [0.15, 0.2) is 36.7 Å². The SMILES string of the molecule is Cn1cc(NCc2ccccc2N2CCCC2)cn1. The molecule has 3 rings (SSSR count). The third-order valence-corrected chi connectivity index (χ3v) is 3.63. The van der Waals surface area contributed by atoms with Gasteiger partial charge in [0.2, 0.25) is 0 Å². The van der Waals surface area contributed by atoms with Gasteiger partial charge in [-0.05, 0) is 24.5 Å². The predicted octanol–water partition coefficient (Wildman–Crippen LogP) is 2.63. The molecular weight excluding hydrogens is 236 g/mol. The lowest BCUT2D eigenvalue weighted by atomic mass is 10.1. The number of aromatic nitrogens is 2. The molecule has 0 spiro atoms. The highest BCUT2D eigenvalue weighted by molar-refractivity contribution is 5.55. The van der Waals surface area contributed by atoms with E-state index in [0.717, 1.165) is 12.2 Å². The smallest absolute Gasteiger partial charge is 0.0729 e. The van der Waals surface area contributed by atoms with Gasteiger partial charge < -0.3 is 10.2 Å². The average Bonchev–Trinajstić information content (AvgIpc) is 3.08. The van der Waals surface area contributed by atoms with Gasteiger partial charge in [-0.15, -0.1) is 0 Å². The summed E-state index contributed by atoms with van der Waals surface area (Å²) in [5.41, 5.74) is 3.79. The van der Waals surface area contributed by atoms with Gasteiger partial charge in [0.05, 0.1) is 11.9 Å². The van der Waals surface area contributed by atoms with E-state index >= 15 is 0 Å². The molecule has 0 amide bonds. The Hall–Kier alpha value is -1.97. The minimum Gasteiger partial charge on any atom is -0.378 e. The number of hydrogen-bond donors (Lipinski definition) is 1. The summed E-state index contributed by atoms with van der Waals surface area (Å²) in [7, 11) is 1.93. The van der Waals surface area contributed by atoms with Gasteiger partial charge in [-0.3, -0.25) is 4.68 Å². The Bertz CT molecular complexity index is 541. The number of aryl methyl sites for hydroxylation is 1. The maximum Gasteiger partial charge on any atom is 0.0729 e. The Morgan fingerprint density at radius 3 is 2.74 bits per heavy atom. The zero-order chi connectivity index (χ0) is 13.1. The molecule has 4 heteroatoms. The maximum absolute atomic E-state index is 4.17. The Morgan fingerprint density at radius 1 is 1.21 bits per heavy atom. The summed E-state index contributed by atoms with van der Waals surface area (Å²) in [5.74, 6) is 0. The van der Waals surface area contributed by atoms with E-state index in [-0.39, 0.29) is 0 Å². The third-order valence-electron chi connectivity index (χ3n) is 3.63. The second-order valence-corrected chi connectivity index (χ2v) is 5.08. The number of para-hydroxylation sites is 1. The molecular formula is C15H20N4. The number of hydrogen-bond acceptors (Lipinski definition) is 3. The van der Waals surface area contributed by atoms with Crippen LogP contribution in [0.5, 0.6) is 0 Å². The molecule has 0 radical (unpaired) electrons. The minimum atomic E-state index is 0.846. The molecule has 1 aliphatic rings. The van der Waals surface area contributed by atoms with Crippen molar-refractivity contribution in [1.82, 2.24) is 9.78 Å². The van der Waals surface area contributed by atoms with Crippen LogP contribution in [0.25, 0.3) is 0 Å². The Morgan fingerprint density at radius 2 is 2.00 bits per heavy atom. The molecule has 4 nitrogen and oxygen atoms in total. The van der Waals surface area contributed by atoms with Crippen molar-refractivity contribution in [3.8, 4) is 0 Å². The van der Waals surface area contributed by atoms with E-state index in [1.807, 2.05) is 24.1 Å². The van der Waals surface area contributed by atoms with Crippen molar-refractivity contribution in [3.63, 3.8) is 0 Å². The van der Waals surface area contributed by atoms with Gasteiger partial charge in [-0.25, -0.2) is 0 Å². The number of nitrogens with zero attached hydrogens (tertiary/aromatic N) is 3. The monoisotopic (exact) mass is 256 g/mol. The van der Waals surface area contributed by atoms with Crippen LogP contribution >= 0.6 is 0 Å². The van der Waals surface area contributed by atoms with E-state index in [4.69, 9.17) is 0 Å². The number of benzene rings is 1. The standard InChI is InChI=1S/C15H20N4/c1-18-12-14(11-17-18)16-10-13-6-2-3-7-15(13)19-8-4-5-9-19/h2-3,6-7,11-12,16H,4-5,8-10H2,1H3. The molecule has 0 bridgehead atoms. The maximum atomic E-state index is 4.17. The molecule has 2 aromatic rings. The highest BCUT2D eigenvalue weighted by Crippen LogP contribution is 2.25. The molecule has 0 unspecified atom stereocenters. The van der Waals surface area contributed by atoms with Crippen LogP contribution in [-0.4, -0.2) is 22.9 Å². The van der Waals surface area contributed by atoms with E-state index in [1.165, 1.54) is 37.2 Å². The van der Waals surface area contributed by atoms with Gasteiger partial charge in [0.15, 0.2) is 0 Å². The number of nitrogens with one attached hydrogen (secondary N) is 1. The van der Waals surface area contributed by atoms with Crippen molar-refractivity contribution in [2.75, 3.05) is 23.3 Å². The topological polar surface area (TPSA) is 33.1 Å². The summed E-state index contributed by atoms with van der Waals surface area (Å²) in [5, 5.41) is 7.61. The van der Waals surface area contributed by atoms with Crippen molar-refractivity contribution in [3.05, 3.63) is 42.2 Å². The zero-order valence-corrected chi connectivity index (χ0v) is 11.3. The van der Waals surface area contributed by atoms with Crippen LogP contribution in [0.3, 0.4) is 0 Å². The van der Waals surface area contributed by atoms with Gasteiger partial charge in [-0.1, -0.05) is 18.2 Å². The average molecular weight is 256 g/mol. The molecule has 1 fully saturated rings. The molecule has 1 N–H and O–H groups in total. The van der Waals surface area contributed by atoms with Crippen LogP contribution in [0, 0.1) is 0 Å². The van der Waals surface area contributed by atoms with Crippen LogP contribution in [0.2, 0.25) is 0 Å². The van der Waals surface area contributed by atoms with Crippen LogP contribution in [0.1, 0.15) is 18.4 Å². The van der Waals surface area contributed by atoms with Crippen molar-refractivity contribution in [1.29, 1.82) is 0 Å². The van der Waals surface area contributed by atoms with Crippen molar-refractivity contribution in [2.45, 2.75) is 19.4 Å². The summed E-state index contributed by atoms with van der Waals surface area (Å²) >= 11 is 0. The molecule has 0 aliphatic carbocycles. The summed E-state index contributed by atoms with van der Waals surface area (Å²) in [6.45, 7) is 3.21. The lowest BCUT2D eigenvalue weighted by Gasteiger charge is -2.21. The second-order valence-electron chi connectivity index (χ2n) is 5.08. The first-order valence-corrected chi connectivity index (χ1v) is 6.88. The van der Waals surface area contributed by atoms with Crippen molar-refractivity contribution < 1.29 is 0 Å². The van der Waals surface area contributed by atoms with Gasteiger partial charge in [-0.2, -0.15) is 5.10 Å². The molecule has 1 saturated heterocycles. The highest BCUT2D eigenvalue weighted by atomic mass is 15.3. The fourth-order valence-corrected chi connectivity index (χ4v) is 2.64. The highest BCUT2D eigenvalue weighted by Gasteiger charge is 2.14. The van der Waals surface area contributed by atoms with E-state index in [2.05, 4.69) is 39.6 Å². The molecule has 0 atom stereocenters. The van der Waals surface area contributed by atoms with Crippen molar-refractivity contribution in [2.24, 2.45) is 7.05 Å². The Kier molecular flexibility index (Phi) is 3.40. The van der Waals surface area contributed by atoms with E-state index in [0.29, 0.717) is 0 Å². The quantitative estimate of drug-likeness (QED) is 0.913. The fraction of sp³-hybridized carbons (Fsp3) is 0.400. The van der Waals surface area contributed by atoms with Gasteiger partial charge in [0.1, 0.15) is 0 Å². The van der Waals surface area contributed by atoms with Gasteiger partial charge in [0, 0.05) is 38.6 Å². The second kappa shape index (κ2) is 5.34. The Balaban J connectivity index is 1.73. The lowest BCUT2D eigenvalue weighted by molar-refractivity contribution is 0.768. The van der Waals surface area contributed by atoms with E-state index in [9.17, 15) is 0 Å². The van der Waals surface area contributed by atoms with E-state index in [1.54, 1.807) is 0 Å². The first kappa shape index (κ1) is 12.1. The zero-order valence-electron chi connectivity index (χ0n) is 11.3. The molecule has 1 aromatic carbocycles. The summed E-state index contributed by atoms with van der Waals surface area (Å²) in [6.07, 6.45) is 6.48. The molecule has 0 saturated carbocycles. The first-order valence-electron chi connectivity index (χ1n) is 6.88. The largest absolute Gasteiger partial charge is 0.378 e. The minimum absolute atomic E-state index is 0.846. The van der Waals surface area contributed by atoms with E-state index < -0.39 is 0 Å². The summed E-state index contributed by atoms with van der Waals surface area (Å²) < 4.78 is 1.81. The molecule has 2 heterocycles. The first-order chi connectivity index (χ1) is 9.33.